The van der Waals surface area contributed by atoms with E-state index in [1.54, 1.807) is 18.2 Å². The van der Waals surface area contributed by atoms with Crippen molar-refractivity contribution in [2.24, 2.45) is 0 Å². The summed E-state index contributed by atoms with van der Waals surface area (Å²) >= 11 is 0. The molecule has 0 spiro atoms. The van der Waals surface area contributed by atoms with Crippen molar-refractivity contribution in [2.75, 3.05) is 20.3 Å². The number of ether oxygens (including phenoxy) is 3. The molecule has 2 rings (SSSR count). The van der Waals surface area contributed by atoms with Gasteiger partial charge in [0, 0.05) is 11.6 Å². The maximum Gasteiger partial charge on any atom is 0.258 e. The van der Waals surface area contributed by atoms with Crippen LogP contribution in [0.15, 0.2) is 42.5 Å². The molecule has 7 nitrogen and oxygen atoms in total. The minimum Gasteiger partial charge on any atom is -0.494 e. The summed E-state index contributed by atoms with van der Waals surface area (Å²) in [6.45, 7) is 8.07. The summed E-state index contributed by atoms with van der Waals surface area (Å²) < 4.78 is 16.3. The standard InChI is InChI=1S/C23H30N2O5/c1-6-29-19-10-7-17(8-11-19)16(4)25-23(27)18-9-12-20(21(13-18)28-5)30-14-22(26)24-15(2)3/h7-13,15-16H,6,14H2,1-5H3,(H,24,26)(H,25,27). The number of rotatable bonds is 10. The second-order valence-corrected chi connectivity index (χ2v) is 7.07. The van der Waals surface area contributed by atoms with E-state index in [9.17, 15) is 9.59 Å². The molecule has 0 saturated carbocycles. The Labute approximate surface area is 177 Å². The summed E-state index contributed by atoms with van der Waals surface area (Å²) in [6, 6.07) is 12.3. The van der Waals surface area contributed by atoms with Crippen LogP contribution in [0.5, 0.6) is 17.2 Å². The van der Waals surface area contributed by atoms with Gasteiger partial charge in [-0.25, -0.2) is 0 Å². The van der Waals surface area contributed by atoms with Crippen molar-refractivity contribution in [3.05, 3.63) is 53.6 Å². The van der Waals surface area contributed by atoms with Crippen LogP contribution in [-0.2, 0) is 4.79 Å². The summed E-state index contributed by atoms with van der Waals surface area (Å²) in [5.41, 5.74) is 1.40. The van der Waals surface area contributed by atoms with Gasteiger partial charge >= 0.3 is 0 Å². The highest BCUT2D eigenvalue weighted by atomic mass is 16.5. The number of benzene rings is 2. The highest BCUT2D eigenvalue weighted by molar-refractivity contribution is 5.95. The fourth-order valence-electron chi connectivity index (χ4n) is 2.82. The van der Waals surface area contributed by atoms with Crippen LogP contribution in [0.4, 0.5) is 0 Å². The molecule has 0 aliphatic carbocycles. The summed E-state index contributed by atoms with van der Waals surface area (Å²) in [4.78, 5) is 24.4. The van der Waals surface area contributed by atoms with Crippen LogP contribution in [0.3, 0.4) is 0 Å². The molecule has 2 aromatic rings. The van der Waals surface area contributed by atoms with Crippen LogP contribution in [0, 0.1) is 0 Å². The van der Waals surface area contributed by atoms with E-state index >= 15 is 0 Å². The summed E-state index contributed by atoms with van der Waals surface area (Å²) in [6.07, 6.45) is 0. The Kier molecular flexibility index (Phi) is 8.53. The third-order valence-electron chi connectivity index (χ3n) is 4.27. The number of hydrogen-bond donors (Lipinski definition) is 2. The Balaban J connectivity index is 2.02. The van der Waals surface area contributed by atoms with Crippen molar-refractivity contribution in [2.45, 2.75) is 39.8 Å². The predicted octanol–water partition coefficient (Wildman–Crippen LogP) is 3.49. The predicted molar refractivity (Wildman–Crippen MR) is 115 cm³/mol. The van der Waals surface area contributed by atoms with E-state index in [1.165, 1.54) is 7.11 Å². The molecule has 0 aliphatic heterocycles. The van der Waals surface area contributed by atoms with Crippen molar-refractivity contribution >= 4 is 11.8 Å². The first kappa shape index (κ1) is 23.1. The third-order valence-corrected chi connectivity index (χ3v) is 4.27. The number of hydrogen-bond acceptors (Lipinski definition) is 5. The van der Waals surface area contributed by atoms with E-state index < -0.39 is 0 Å². The van der Waals surface area contributed by atoms with Crippen molar-refractivity contribution in [1.82, 2.24) is 10.6 Å². The molecule has 0 saturated heterocycles. The maximum absolute atomic E-state index is 12.7. The monoisotopic (exact) mass is 414 g/mol. The molecule has 0 radical (unpaired) electrons. The van der Waals surface area contributed by atoms with Gasteiger partial charge in [0.05, 0.1) is 19.8 Å². The fraction of sp³-hybridized carbons (Fsp3) is 0.391. The SMILES string of the molecule is CCOc1ccc(C(C)NC(=O)c2ccc(OCC(=O)NC(C)C)c(OC)c2)cc1. The Hall–Kier alpha value is -3.22. The first-order chi connectivity index (χ1) is 14.3. The van der Waals surface area contributed by atoms with Gasteiger partial charge in [-0.05, 0) is 63.6 Å². The first-order valence-corrected chi connectivity index (χ1v) is 9.97. The first-order valence-electron chi connectivity index (χ1n) is 9.97. The van der Waals surface area contributed by atoms with E-state index in [0.717, 1.165) is 11.3 Å². The fourth-order valence-corrected chi connectivity index (χ4v) is 2.82. The summed E-state index contributed by atoms with van der Waals surface area (Å²) in [7, 11) is 1.49. The molecule has 7 heteroatoms. The van der Waals surface area contributed by atoms with Gasteiger partial charge in [0.15, 0.2) is 18.1 Å². The molecule has 2 aromatic carbocycles. The Morgan fingerprint density at radius 1 is 0.933 bits per heavy atom. The van der Waals surface area contributed by atoms with E-state index in [0.29, 0.717) is 23.7 Å². The lowest BCUT2D eigenvalue weighted by molar-refractivity contribution is -0.123. The highest BCUT2D eigenvalue weighted by Gasteiger charge is 2.15. The Morgan fingerprint density at radius 3 is 2.23 bits per heavy atom. The van der Waals surface area contributed by atoms with Crippen LogP contribution >= 0.6 is 0 Å². The van der Waals surface area contributed by atoms with Crippen LogP contribution < -0.4 is 24.8 Å². The molecule has 2 amide bonds. The average Bonchev–Trinajstić information content (AvgIpc) is 2.72. The largest absolute Gasteiger partial charge is 0.494 e. The van der Waals surface area contributed by atoms with Gasteiger partial charge < -0.3 is 24.8 Å². The zero-order valence-corrected chi connectivity index (χ0v) is 18.2. The van der Waals surface area contributed by atoms with E-state index in [2.05, 4.69) is 10.6 Å². The van der Waals surface area contributed by atoms with Crippen LogP contribution in [0.25, 0.3) is 0 Å². The zero-order valence-electron chi connectivity index (χ0n) is 18.2. The van der Waals surface area contributed by atoms with Crippen molar-refractivity contribution in [3.63, 3.8) is 0 Å². The zero-order chi connectivity index (χ0) is 22.1. The molecule has 0 aliphatic rings. The second-order valence-electron chi connectivity index (χ2n) is 7.07. The third kappa shape index (κ3) is 6.69. The summed E-state index contributed by atoms with van der Waals surface area (Å²) in [5.74, 6) is 1.11. The summed E-state index contributed by atoms with van der Waals surface area (Å²) in [5, 5.41) is 5.72. The smallest absolute Gasteiger partial charge is 0.258 e. The molecule has 0 fully saturated rings. The van der Waals surface area contributed by atoms with Crippen LogP contribution in [0.2, 0.25) is 0 Å². The normalized spacial score (nSPS) is 11.5. The molecule has 30 heavy (non-hydrogen) atoms. The van der Waals surface area contributed by atoms with Gasteiger partial charge in [-0.15, -0.1) is 0 Å². The van der Waals surface area contributed by atoms with E-state index in [-0.39, 0.29) is 30.5 Å². The topological polar surface area (TPSA) is 85.9 Å². The van der Waals surface area contributed by atoms with Gasteiger partial charge in [-0.3, -0.25) is 9.59 Å². The Morgan fingerprint density at radius 2 is 1.63 bits per heavy atom. The lowest BCUT2D eigenvalue weighted by Crippen LogP contribution is -2.34. The van der Waals surface area contributed by atoms with Crippen molar-refractivity contribution in [1.29, 1.82) is 0 Å². The second kappa shape index (κ2) is 11.1. The number of carbonyl (C=O) groups excluding carboxylic acids is 2. The molecule has 162 valence electrons. The number of methoxy groups -OCH3 is 1. The lowest BCUT2D eigenvalue weighted by Gasteiger charge is -2.16. The van der Waals surface area contributed by atoms with Crippen LogP contribution in [-0.4, -0.2) is 38.2 Å². The molecule has 0 aromatic heterocycles. The molecule has 1 atom stereocenters. The minimum atomic E-state index is -0.237. The van der Waals surface area contributed by atoms with Crippen molar-refractivity contribution in [3.8, 4) is 17.2 Å². The van der Waals surface area contributed by atoms with Gasteiger partial charge in [-0.2, -0.15) is 0 Å². The average molecular weight is 415 g/mol. The molecule has 2 N–H and O–H groups in total. The minimum absolute atomic E-state index is 0.0337. The van der Waals surface area contributed by atoms with Gasteiger partial charge in [0.25, 0.3) is 11.8 Å². The highest BCUT2D eigenvalue weighted by Crippen LogP contribution is 2.28. The number of amides is 2. The number of carbonyl (C=O) groups is 2. The van der Waals surface area contributed by atoms with Gasteiger partial charge in [-0.1, -0.05) is 12.1 Å². The van der Waals surface area contributed by atoms with E-state index in [4.69, 9.17) is 14.2 Å². The maximum atomic E-state index is 12.7. The molecular weight excluding hydrogens is 384 g/mol. The quantitative estimate of drug-likeness (QED) is 0.622. The Bertz CT molecular complexity index is 849. The molecule has 0 bridgehead atoms. The molecule has 0 heterocycles. The van der Waals surface area contributed by atoms with Crippen LogP contribution in [0.1, 0.15) is 49.7 Å². The van der Waals surface area contributed by atoms with E-state index in [1.807, 2.05) is 52.0 Å². The van der Waals surface area contributed by atoms with Gasteiger partial charge in [0.1, 0.15) is 5.75 Å². The van der Waals surface area contributed by atoms with Crippen molar-refractivity contribution < 1.29 is 23.8 Å². The molecule has 1 unspecified atom stereocenters. The molecular formula is C23H30N2O5. The number of nitrogens with one attached hydrogen (secondary N) is 2. The van der Waals surface area contributed by atoms with Gasteiger partial charge in [0.2, 0.25) is 0 Å². The lowest BCUT2D eigenvalue weighted by atomic mass is 10.1.